The minimum atomic E-state index is -0.947. The monoisotopic (exact) mass is 549 g/mol. The van der Waals surface area contributed by atoms with E-state index in [2.05, 4.69) is 10.6 Å². The fourth-order valence-electron chi connectivity index (χ4n) is 4.65. The molecular formula is C25H26Cl3N5O3. The summed E-state index contributed by atoms with van der Waals surface area (Å²) >= 11 is 12.9. The Morgan fingerprint density at radius 2 is 2.08 bits per heavy atom. The molecule has 2 aliphatic heterocycles. The smallest absolute Gasteiger partial charge is 0.257 e. The van der Waals surface area contributed by atoms with Crippen molar-refractivity contribution < 1.29 is 14.3 Å². The Morgan fingerprint density at radius 3 is 2.75 bits per heavy atom. The summed E-state index contributed by atoms with van der Waals surface area (Å²) in [7, 11) is 0. The number of nitriles is 1. The molecular weight excluding hydrogens is 525 g/mol. The molecule has 3 atom stereocenters. The molecule has 11 heteroatoms. The van der Waals surface area contributed by atoms with Crippen LogP contribution >= 0.6 is 35.6 Å². The van der Waals surface area contributed by atoms with Gasteiger partial charge in [-0.2, -0.15) is 5.26 Å². The van der Waals surface area contributed by atoms with Crippen LogP contribution in [0.1, 0.15) is 54.6 Å². The largest absolute Gasteiger partial charge is 0.378 e. The number of amides is 2. The van der Waals surface area contributed by atoms with Crippen LogP contribution < -0.4 is 10.6 Å². The number of hydrogen-bond donors (Lipinski definition) is 3. The Balaban J connectivity index is 0.00000361. The summed E-state index contributed by atoms with van der Waals surface area (Å²) < 4.78 is 5.59. The summed E-state index contributed by atoms with van der Waals surface area (Å²) in [5.74, 6) is -0.661. The van der Waals surface area contributed by atoms with E-state index in [-0.39, 0.29) is 58.4 Å². The highest BCUT2D eigenvalue weighted by atomic mass is 35.5. The minimum absolute atomic E-state index is 0. The van der Waals surface area contributed by atoms with Crippen LogP contribution in [0.5, 0.6) is 0 Å². The van der Waals surface area contributed by atoms with E-state index in [0.717, 1.165) is 0 Å². The summed E-state index contributed by atoms with van der Waals surface area (Å²) in [5, 5.41) is 24.1. The normalized spacial score (nSPS) is 23.8. The van der Waals surface area contributed by atoms with Gasteiger partial charge in [0.15, 0.2) is 5.96 Å². The molecule has 0 saturated carbocycles. The number of benzene rings is 2. The lowest BCUT2D eigenvalue weighted by molar-refractivity contribution is -0.134. The van der Waals surface area contributed by atoms with E-state index < -0.39 is 11.4 Å². The molecule has 0 aromatic heterocycles. The van der Waals surface area contributed by atoms with Crippen molar-refractivity contribution in [3.05, 3.63) is 63.1 Å². The van der Waals surface area contributed by atoms with Crippen LogP contribution in [0.4, 0.5) is 5.69 Å². The topological polar surface area (TPSA) is 118 Å². The quantitative estimate of drug-likeness (QED) is 0.491. The summed E-state index contributed by atoms with van der Waals surface area (Å²) in [6, 6.07) is 11.4. The van der Waals surface area contributed by atoms with Crippen LogP contribution in [-0.2, 0) is 15.1 Å². The Labute approximate surface area is 225 Å². The predicted molar refractivity (Wildman–Crippen MR) is 141 cm³/mol. The fraction of sp³-hybridized carbons (Fsp3) is 0.360. The number of ether oxygens (including phenoxy) is 1. The van der Waals surface area contributed by atoms with Crippen molar-refractivity contribution in [2.45, 2.75) is 50.8 Å². The van der Waals surface area contributed by atoms with Crippen LogP contribution in [0.15, 0.2) is 36.4 Å². The molecule has 2 saturated heterocycles. The van der Waals surface area contributed by atoms with Crippen molar-refractivity contribution in [3.63, 3.8) is 0 Å². The second-order valence-corrected chi connectivity index (χ2v) is 9.82. The van der Waals surface area contributed by atoms with Gasteiger partial charge in [0.05, 0.1) is 51.0 Å². The summed E-state index contributed by atoms with van der Waals surface area (Å²) in [5.41, 5.74) is 0.408. The molecule has 2 fully saturated rings. The molecule has 0 radical (unpaired) electrons. The maximum Gasteiger partial charge on any atom is 0.257 e. The number of anilines is 1. The summed E-state index contributed by atoms with van der Waals surface area (Å²) in [6.07, 6.45) is 1.47. The number of nitrogens with one attached hydrogen (secondary N) is 3. The first-order valence-electron chi connectivity index (χ1n) is 11.2. The van der Waals surface area contributed by atoms with Gasteiger partial charge >= 0.3 is 0 Å². The Morgan fingerprint density at radius 1 is 1.33 bits per heavy atom. The van der Waals surface area contributed by atoms with Crippen LogP contribution in [0.3, 0.4) is 0 Å². The fourth-order valence-corrected chi connectivity index (χ4v) is 5.23. The Hall–Kier alpha value is -2.83. The molecule has 2 aromatic carbocycles. The van der Waals surface area contributed by atoms with Crippen molar-refractivity contribution in [1.29, 1.82) is 10.7 Å². The number of guanidine groups is 1. The average molecular weight is 551 g/mol. The number of halogens is 3. The van der Waals surface area contributed by atoms with Gasteiger partial charge in [-0.1, -0.05) is 35.3 Å². The van der Waals surface area contributed by atoms with Gasteiger partial charge < -0.3 is 15.4 Å². The molecule has 4 rings (SSSR count). The standard InChI is InChI=1S/C25H25Cl2N5O3.ClH/c1-14-10-16(8-9-35-14)32-21(33)12-25(2,31-24(32)29)18-4-3-5-20(22(18)27)30-23(34)17-11-15(13-28)6-7-19(17)26;/h3-7,11,14,16H,8-10,12H2,1-2H3,(H2,29,31)(H,30,34);1H/t14-,16-,25+;/m1./s1. The third kappa shape index (κ3) is 5.45. The molecule has 2 aliphatic rings. The van der Waals surface area contributed by atoms with E-state index in [9.17, 15) is 9.59 Å². The van der Waals surface area contributed by atoms with Crippen molar-refractivity contribution >= 4 is 59.1 Å². The lowest BCUT2D eigenvalue weighted by atomic mass is 9.85. The first-order valence-corrected chi connectivity index (χ1v) is 12.0. The van der Waals surface area contributed by atoms with E-state index >= 15 is 0 Å². The zero-order valence-electron chi connectivity index (χ0n) is 19.7. The van der Waals surface area contributed by atoms with Crippen molar-refractivity contribution in [1.82, 2.24) is 10.2 Å². The highest BCUT2D eigenvalue weighted by Crippen LogP contribution is 2.38. The minimum Gasteiger partial charge on any atom is -0.378 e. The Bertz CT molecular complexity index is 1230. The van der Waals surface area contributed by atoms with Gasteiger partial charge in [-0.25, -0.2) is 0 Å². The number of nitrogens with zero attached hydrogens (tertiary/aromatic N) is 2. The Kier molecular flexibility index (Phi) is 8.52. The van der Waals surface area contributed by atoms with Crippen LogP contribution in [0, 0.1) is 16.7 Å². The van der Waals surface area contributed by atoms with Gasteiger partial charge in [-0.3, -0.25) is 19.9 Å². The first-order chi connectivity index (χ1) is 16.6. The first kappa shape index (κ1) is 27.8. The molecule has 0 bridgehead atoms. The lowest BCUT2D eigenvalue weighted by Crippen LogP contribution is -2.63. The molecule has 0 aliphatic carbocycles. The maximum atomic E-state index is 13.2. The van der Waals surface area contributed by atoms with E-state index in [4.69, 9.17) is 38.6 Å². The van der Waals surface area contributed by atoms with Gasteiger partial charge in [0.1, 0.15) is 0 Å². The maximum absolute atomic E-state index is 13.2. The molecule has 190 valence electrons. The van der Waals surface area contributed by atoms with Crippen LogP contribution in [-0.4, -0.2) is 41.4 Å². The molecule has 3 N–H and O–H groups in total. The van der Waals surface area contributed by atoms with E-state index in [0.29, 0.717) is 36.3 Å². The summed E-state index contributed by atoms with van der Waals surface area (Å²) in [6.45, 7) is 4.32. The highest BCUT2D eigenvalue weighted by molar-refractivity contribution is 6.36. The van der Waals surface area contributed by atoms with Gasteiger partial charge in [0, 0.05) is 12.6 Å². The number of carbonyl (C=O) groups excluding carboxylic acids is 2. The number of hydrogen-bond acceptors (Lipinski definition) is 5. The van der Waals surface area contributed by atoms with Crippen LogP contribution in [0.2, 0.25) is 10.0 Å². The van der Waals surface area contributed by atoms with Gasteiger partial charge in [-0.15, -0.1) is 12.4 Å². The number of rotatable bonds is 4. The van der Waals surface area contributed by atoms with E-state index in [1.165, 1.54) is 23.1 Å². The molecule has 2 amide bonds. The second-order valence-electron chi connectivity index (χ2n) is 9.03. The average Bonchev–Trinajstić information content (AvgIpc) is 2.80. The SMILES string of the molecule is C[C@@H]1C[C@H](N2C(=N)N[C@](C)(c3cccc(NC(=O)c4cc(C#N)ccc4Cl)c3Cl)CC2=O)CCO1.Cl. The van der Waals surface area contributed by atoms with E-state index in [1.54, 1.807) is 18.2 Å². The molecule has 36 heavy (non-hydrogen) atoms. The van der Waals surface area contributed by atoms with Crippen molar-refractivity contribution in [3.8, 4) is 6.07 Å². The zero-order valence-corrected chi connectivity index (χ0v) is 22.1. The molecule has 2 heterocycles. The molecule has 0 unspecified atom stereocenters. The van der Waals surface area contributed by atoms with Crippen molar-refractivity contribution in [2.24, 2.45) is 0 Å². The van der Waals surface area contributed by atoms with E-state index in [1.807, 2.05) is 19.9 Å². The molecule has 2 aromatic rings. The highest BCUT2D eigenvalue weighted by Gasteiger charge is 2.43. The summed E-state index contributed by atoms with van der Waals surface area (Å²) in [4.78, 5) is 27.6. The molecule has 0 spiro atoms. The van der Waals surface area contributed by atoms with Gasteiger partial charge in [-0.05, 0) is 56.5 Å². The van der Waals surface area contributed by atoms with Gasteiger partial charge in [0.2, 0.25) is 5.91 Å². The third-order valence-corrected chi connectivity index (χ3v) is 7.15. The zero-order chi connectivity index (χ0) is 25.3. The van der Waals surface area contributed by atoms with Crippen molar-refractivity contribution in [2.75, 3.05) is 11.9 Å². The van der Waals surface area contributed by atoms with Gasteiger partial charge in [0.25, 0.3) is 5.91 Å². The second kappa shape index (κ2) is 11.1. The predicted octanol–water partition coefficient (Wildman–Crippen LogP) is 5.08. The third-order valence-electron chi connectivity index (χ3n) is 6.41. The lowest BCUT2D eigenvalue weighted by Gasteiger charge is -2.45. The number of carbonyl (C=O) groups is 2. The molecule has 8 nitrogen and oxygen atoms in total. The van der Waals surface area contributed by atoms with Crippen LogP contribution in [0.25, 0.3) is 0 Å².